The molecule has 0 atom stereocenters. The van der Waals surface area contributed by atoms with Crippen molar-refractivity contribution in [1.29, 1.82) is 0 Å². The van der Waals surface area contributed by atoms with Crippen molar-refractivity contribution in [2.75, 3.05) is 52.9 Å². The third kappa shape index (κ3) is 19.8. The van der Waals surface area contributed by atoms with E-state index in [1.54, 1.807) is 0 Å². The van der Waals surface area contributed by atoms with Crippen LogP contribution in [0.25, 0.3) is 0 Å². The van der Waals surface area contributed by atoms with E-state index in [9.17, 15) is 0 Å². The molecule has 0 aliphatic rings. The van der Waals surface area contributed by atoms with E-state index in [0.717, 1.165) is 85.0 Å². The van der Waals surface area contributed by atoms with Crippen molar-refractivity contribution in [3.8, 4) is 0 Å². The van der Waals surface area contributed by atoms with Crippen LogP contribution >= 0.6 is 0 Å². The second-order valence-corrected chi connectivity index (χ2v) is 5.22. The van der Waals surface area contributed by atoms with Gasteiger partial charge in [0, 0.05) is 52.9 Å². The summed E-state index contributed by atoms with van der Waals surface area (Å²) in [6.45, 7) is 10.9. The summed E-state index contributed by atoms with van der Waals surface area (Å²) in [4.78, 5) is 0. The van der Waals surface area contributed by atoms with Crippen molar-refractivity contribution in [2.45, 2.75) is 58.8 Å². The van der Waals surface area contributed by atoms with Crippen LogP contribution in [-0.2, 0) is 18.9 Å². The minimum absolute atomic E-state index is 0.780. The summed E-state index contributed by atoms with van der Waals surface area (Å²) in [6.07, 6.45) is 7.64. The third-order valence-electron chi connectivity index (χ3n) is 3.02. The summed E-state index contributed by atoms with van der Waals surface area (Å²) >= 11 is 0. The van der Waals surface area contributed by atoms with Crippen LogP contribution in [0.15, 0.2) is 0 Å². The zero-order chi connectivity index (χ0) is 15.4. The van der Waals surface area contributed by atoms with Crippen LogP contribution in [0.2, 0.25) is 0 Å². The van der Waals surface area contributed by atoms with Crippen LogP contribution in [-0.4, -0.2) is 52.9 Å². The van der Waals surface area contributed by atoms with Gasteiger partial charge in [0.1, 0.15) is 0 Å². The molecule has 0 aromatic carbocycles. The molecule has 0 heterocycles. The molecule has 0 radical (unpaired) electrons. The minimum Gasteiger partial charge on any atom is -0.381 e. The van der Waals surface area contributed by atoms with Gasteiger partial charge in [-0.2, -0.15) is 0 Å². The molecule has 0 fully saturated rings. The summed E-state index contributed by atoms with van der Waals surface area (Å²) in [5.74, 6) is 0. The molecule has 0 spiro atoms. The molecular weight excluding hydrogens is 268 g/mol. The van der Waals surface area contributed by atoms with Crippen molar-refractivity contribution in [3.63, 3.8) is 0 Å². The Kier molecular flexibility index (Phi) is 19.7. The van der Waals surface area contributed by atoms with Crippen molar-refractivity contribution >= 4 is 0 Å². The quantitative estimate of drug-likeness (QED) is 0.361. The molecule has 4 nitrogen and oxygen atoms in total. The first-order valence-corrected chi connectivity index (χ1v) is 8.72. The topological polar surface area (TPSA) is 36.9 Å². The number of rotatable bonds is 18. The molecule has 0 bridgehead atoms. The van der Waals surface area contributed by atoms with E-state index >= 15 is 0 Å². The van der Waals surface area contributed by atoms with Crippen LogP contribution in [0.3, 0.4) is 0 Å². The maximum atomic E-state index is 5.53. The smallest absolute Gasteiger partial charge is 0.0488 e. The summed E-state index contributed by atoms with van der Waals surface area (Å²) in [6, 6.07) is 0. The molecule has 0 N–H and O–H groups in total. The predicted octanol–water partition coefficient (Wildman–Crippen LogP) is 3.82. The molecule has 0 aromatic rings. The monoisotopic (exact) mass is 304 g/mol. The van der Waals surface area contributed by atoms with Crippen LogP contribution in [0.5, 0.6) is 0 Å². The molecule has 0 unspecified atom stereocenters. The highest BCUT2D eigenvalue weighted by Crippen LogP contribution is 1.93. The summed E-state index contributed by atoms with van der Waals surface area (Å²) < 4.78 is 22.0. The lowest BCUT2D eigenvalue weighted by Gasteiger charge is -2.07. The maximum absolute atomic E-state index is 5.53. The fraction of sp³-hybridized carbons (Fsp3) is 1.00. The van der Waals surface area contributed by atoms with E-state index in [1.807, 2.05) is 0 Å². The fourth-order valence-electron chi connectivity index (χ4n) is 1.69. The predicted molar refractivity (Wildman–Crippen MR) is 86.9 cm³/mol. The Morgan fingerprint density at radius 1 is 0.381 bits per heavy atom. The van der Waals surface area contributed by atoms with Crippen LogP contribution in [0.4, 0.5) is 0 Å². The number of hydrogen-bond donors (Lipinski definition) is 0. The lowest BCUT2D eigenvalue weighted by Crippen LogP contribution is -2.06. The Morgan fingerprint density at radius 2 is 0.619 bits per heavy atom. The van der Waals surface area contributed by atoms with Gasteiger partial charge in [-0.25, -0.2) is 0 Å². The van der Waals surface area contributed by atoms with Crippen molar-refractivity contribution in [1.82, 2.24) is 0 Å². The summed E-state index contributed by atoms with van der Waals surface area (Å²) in [5, 5.41) is 0. The van der Waals surface area contributed by atoms with E-state index < -0.39 is 0 Å². The Hall–Kier alpha value is -0.160. The first-order valence-electron chi connectivity index (χ1n) is 8.72. The Labute approximate surface area is 131 Å². The van der Waals surface area contributed by atoms with Crippen LogP contribution in [0.1, 0.15) is 58.8 Å². The molecule has 0 aliphatic heterocycles. The summed E-state index contributed by atoms with van der Waals surface area (Å²) in [5.41, 5.74) is 0. The van der Waals surface area contributed by atoms with E-state index in [4.69, 9.17) is 18.9 Å². The lowest BCUT2D eigenvalue weighted by atomic mass is 10.4. The Balaban J connectivity index is 2.90. The first kappa shape index (κ1) is 20.8. The molecule has 0 rings (SSSR count). The molecule has 21 heavy (non-hydrogen) atoms. The van der Waals surface area contributed by atoms with Gasteiger partial charge in [0.15, 0.2) is 0 Å². The van der Waals surface area contributed by atoms with Crippen molar-refractivity contribution in [2.24, 2.45) is 0 Å². The molecule has 0 aliphatic carbocycles. The minimum atomic E-state index is 0.780. The van der Waals surface area contributed by atoms with Gasteiger partial charge in [-0.3, -0.25) is 0 Å². The highest BCUT2D eigenvalue weighted by molar-refractivity contribution is 4.40. The highest BCUT2D eigenvalue weighted by atomic mass is 16.5. The Morgan fingerprint density at radius 3 is 0.857 bits per heavy atom. The summed E-state index contributed by atoms with van der Waals surface area (Å²) in [7, 11) is 0. The van der Waals surface area contributed by atoms with Crippen molar-refractivity contribution in [3.05, 3.63) is 0 Å². The molecular formula is C17H36O4. The average molecular weight is 304 g/mol. The van der Waals surface area contributed by atoms with Gasteiger partial charge in [-0.1, -0.05) is 26.7 Å². The molecule has 4 heteroatoms. The number of hydrogen-bond acceptors (Lipinski definition) is 4. The van der Waals surface area contributed by atoms with E-state index in [1.165, 1.54) is 12.8 Å². The van der Waals surface area contributed by atoms with E-state index in [2.05, 4.69) is 13.8 Å². The molecule has 128 valence electrons. The van der Waals surface area contributed by atoms with E-state index in [0.29, 0.717) is 0 Å². The second kappa shape index (κ2) is 19.8. The largest absolute Gasteiger partial charge is 0.381 e. The fourth-order valence-corrected chi connectivity index (χ4v) is 1.69. The Bertz CT molecular complexity index is 158. The van der Waals surface area contributed by atoms with Crippen molar-refractivity contribution < 1.29 is 18.9 Å². The zero-order valence-corrected chi connectivity index (χ0v) is 14.2. The van der Waals surface area contributed by atoms with Gasteiger partial charge in [0.25, 0.3) is 0 Å². The zero-order valence-electron chi connectivity index (χ0n) is 14.2. The highest BCUT2D eigenvalue weighted by Gasteiger charge is 1.93. The molecule has 0 amide bonds. The van der Waals surface area contributed by atoms with Gasteiger partial charge < -0.3 is 18.9 Å². The standard InChI is InChI=1S/C17H36O4/c1-3-5-10-18-12-7-14-20-16-9-17-21-15-8-13-19-11-6-4-2/h3-17H2,1-2H3. The van der Waals surface area contributed by atoms with Crippen LogP contribution < -0.4 is 0 Å². The van der Waals surface area contributed by atoms with E-state index in [-0.39, 0.29) is 0 Å². The van der Waals surface area contributed by atoms with Gasteiger partial charge in [-0.05, 0) is 32.1 Å². The average Bonchev–Trinajstić information content (AvgIpc) is 2.50. The SMILES string of the molecule is CCCCOCCCOCCCOCCCOCCCC. The van der Waals surface area contributed by atoms with Gasteiger partial charge >= 0.3 is 0 Å². The number of ether oxygens (including phenoxy) is 4. The molecule has 0 saturated heterocycles. The first-order chi connectivity index (χ1) is 10.4. The molecule has 0 aromatic heterocycles. The number of unbranched alkanes of at least 4 members (excludes halogenated alkanes) is 2. The lowest BCUT2D eigenvalue weighted by molar-refractivity contribution is 0.0536. The maximum Gasteiger partial charge on any atom is 0.0488 e. The van der Waals surface area contributed by atoms with Crippen LogP contribution in [0, 0.1) is 0 Å². The normalized spacial score (nSPS) is 11.1. The second-order valence-electron chi connectivity index (χ2n) is 5.22. The van der Waals surface area contributed by atoms with Gasteiger partial charge in [0.2, 0.25) is 0 Å². The third-order valence-corrected chi connectivity index (χ3v) is 3.02. The van der Waals surface area contributed by atoms with Gasteiger partial charge in [-0.15, -0.1) is 0 Å². The molecule has 0 saturated carbocycles. The van der Waals surface area contributed by atoms with Gasteiger partial charge in [0.05, 0.1) is 0 Å².